The zero-order valence-corrected chi connectivity index (χ0v) is 17.6. The molecule has 1 amide bonds. The van der Waals surface area contributed by atoms with E-state index in [9.17, 15) is 4.79 Å². The van der Waals surface area contributed by atoms with Gasteiger partial charge in [0.25, 0.3) is 12.3 Å². The molecule has 1 atom stereocenters. The maximum Gasteiger partial charge on any atom is 0.270 e. The van der Waals surface area contributed by atoms with Crippen LogP contribution >= 0.6 is 11.6 Å². The molecule has 0 spiro atoms. The smallest absolute Gasteiger partial charge is 0.270 e. The second kappa shape index (κ2) is 6.81. The number of amides is 1. The minimum atomic E-state index is -0.473. The highest BCUT2D eigenvalue weighted by Crippen LogP contribution is 2.55. The molecule has 6 aliphatic rings. The summed E-state index contributed by atoms with van der Waals surface area (Å²) in [6.45, 7) is 0. The Morgan fingerprint density at radius 1 is 1.07 bits per heavy atom. The van der Waals surface area contributed by atoms with Crippen molar-refractivity contribution < 1.29 is 9.53 Å². The Morgan fingerprint density at radius 2 is 1.73 bits per heavy atom. The molecule has 0 saturated heterocycles. The fourth-order valence-electron chi connectivity index (χ4n) is 6.62. The summed E-state index contributed by atoms with van der Waals surface area (Å²) in [5.41, 5.74) is 1.42. The summed E-state index contributed by atoms with van der Waals surface area (Å²) >= 11 is 5.99. The van der Waals surface area contributed by atoms with Crippen LogP contribution in [0.3, 0.4) is 0 Å². The van der Waals surface area contributed by atoms with Crippen molar-refractivity contribution in [3.05, 3.63) is 65.1 Å². The van der Waals surface area contributed by atoms with Gasteiger partial charge in [-0.25, -0.2) is 0 Å². The van der Waals surface area contributed by atoms with Crippen LogP contribution in [-0.4, -0.2) is 22.7 Å². The van der Waals surface area contributed by atoms with Crippen LogP contribution in [0.15, 0.2) is 60.1 Å². The molecule has 4 bridgehead atoms. The van der Waals surface area contributed by atoms with Crippen LogP contribution in [0.5, 0.6) is 5.75 Å². The first kappa shape index (κ1) is 18.4. The summed E-state index contributed by atoms with van der Waals surface area (Å²) < 4.78 is 6.12. The summed E-state index contributed by atoms with van der Waals surface area (Å²) in [6, 6.07) is 7.26. The Labute approximate surface area is 181 Å². The summed E-state index contributed by atoms with van der Waals surface area (Å²) in [4.78, 5) is 15.4. The van der Waals surface area contributed by atoms with E-state index in [0.717, 1.165) is 42.7 Å². The van der Waals surface area contributed by atoms with E-state index in [1.165, 1.54) is 19.3 Å². The third kappa shape index (κ3) is 3.11. The lowest BCUT2D eigenvalue weighted by molar-refractivity contribution is -0.123. The number of fused-ring (bicyclic) bond motifs is 1. The number of rotatable bonds is 4. The fraction of sp³-hybridized carbons (Fsp3) is 0.458. The van der Waals surface area contributed by atoms with E-state index in [2.05, 4.69) is 10.6 Å². The van der Waals surface area contributed by atoms with Crippen LogP contribution in [0.25, 0.3) is 0 Å². The molecule has 7 rings (SSSR count). The van der Waals surface area contributed by atoms with Crippen LogP contribution in [0.2, 0.25) is 5.02 Å². The molecule has 0 aromatic heterocycles. The Kier molecular flexibility index (Phi) is 4.17. The Morgan fingerprint density at radius 3 is 2.40 bits per heavy atom. The van der Waals surface area contributed by atoms with Gasteiger partial charge < -0.3 is 15.4 Å². The lowest BCUT2D eigenvalue weighted by Crippen LogP contribution is -2.60. The third-order valence-electron chi connectivity index (χ3n) is 7.37. The molecule has 2 N–H and O–H groups in total. The van der Waals surface area contributed by atoms with Crippen LogP contribution < -0.4 is 15.4 Å². The second-order valence-electron chi connectivity index (χ2n) is 9.59. The average Bonchev–Trinajstić information content (AvgIpc) is 3.07. The predicted octanol–water partition coefficient (Wildman–Crippen LogP) is 4.29. The van der Waals surface area contributed by atoms with Crippen molar-refractivity contribution in [1.82, 2.24) is 15.5 Å². The van der Waals surface area contributed by atoms with Crippen LogP contribution in [-0.2, 0) is 4.79 Å². The monoisotopic (exact) mass is 423 g/mol. The highest BCUT2D eigenvalue weighted by atomic mass is 35.5. The first-order chi connectivity index (χ1) is 14.6. The van der Waals surface area contributed by atoms with Gasteiger partial charge in [-0.05, 0) is 92.7 Å². The molecule has 2 aliphatic heterocycles. The summed E-state index contributed by atoms with van der Waals surface area (Å²) in [7, 11) is 0. The molecule has 6 heteroatoms. The maximum atomic E-state index is 13.4. The largest absolute Gasteiger partial charge is 0.452 e. The lowest BCUT2D eigenvalue weighted by Gasteiger charge is -2.56. The van der Waals surface area contributed by atoms with E-state index in [-0.39, 0.29) is 11.4 Å². The molecule has 4 aliphatic carbocycles. The van der Waals surface area contributed by atoms with Gasteiger partial charge in [0.15, 0.2) is 0 Å². The van der Waals surface area contributed by atoms with Crippen LogP contribution in [0.1, 0.15) is 38.5 Å². The zero-order valence-electron chi connectivity index (χ0n) is 16.8. The first-order valence-corrected chi connectivity index (χ1v) is 11.3. The van der Waals surface area contributed by atoms with Crippen molar-refractivity contribution in [2.24, 2.45) is 17.8 Å². The highest BCUT2D eigenvalue weighted by Gasteiger charge is 2.52. The molecule has 0 radical (unpaired) electrons. The minimum absolute atomic E-state index is 0.0147. The summed E-state index contributed by atoms with van der Waals surface area (Å²) in [5, 5.41) is 7.45. The number of carbonyl (C=O) groups excluding carboxylic acids is 1. The zero-order chi connectivity index (χ0) is 20.3. The van der Waals surface area contributed by atoms with E-state index < -0.39 is 6.35 Å². The van der Waals surface area contributed by atoms with E-state index >= 15 is 0 Å². The molecule has 5 nitrogen and oxygen atoms in total. The van der Waals surface area contributed by atoms with Gasteiger partial charge in [0.05, 0.1) is 5.70 Å². The van der Waals surface area contributed by atoms with Gasteiger partial charge in [-0.1, -0.05) is 17.7 Å². The number of nitrogens with one attached hydrogen (secondary N) is 2. The normalized spacial score (nSPS) is 35.4. The number of benzene rings is 1. The maximum absolute atomic E-state index is 13.4. The molecule has 30 heavy (non-hydrogen) atoms. The number of ether oxygens (including phenoxy) is 1. The Hall–Kier alpha value is -2.40. The Bertz CT molecular complexity index is 930. The number of allylic oxidation sites excluding steroid dienone is 3. The van der Waals surface area contributed by atoms with Gasteiger partial charge in [0.1, 0.15) is 11.4 Å². The minimum Gasteiger partial charge on any atom is -0.452 e. The lowest BCUT2D eigenvalue weighted by atomic mass is 9.53. The molecule has 1 aromatic carbocycles. The molecule has 156 valence electrons. The second-order valence-corrected chi connectivity index (χ2v) is 10.0. The first-order valence-electron chi connectivity index (χ1n) is 11.0. The van der Waals surface area contributed by atoms with Gasteiger partial charge in [0, 0.05) is 16.8 Å². The molecule has 4 saturated carbocycles. The number of hydrogen-bond donors (Lipinski definition) is 2. The van der Waals surface area contributed by atoms with Crippen molar-refractivity contribution in [1.29, 1.82) is 0 Å². The fourth-order valence-corrected chi connectivity index (χ4v) is 6.74. The van der Waals surface area contributed by atoms with Crippen molar-refractivity contribution >= 4 is 17.5 Å². The van der Waals surface area contributed by atoms with Crippen molar-refractivity contribution in [3.8, 4) is 5.75 Å². The predicted molar refractivity (Wildman–Crippen MR) is 115 cm³/mol. The van der Waals surface area contributed by atoms with Crippen LogP contribution in [0, 0.1) is 17.8 Å². The standard InChI is InChI=1S/C24H26ClN3O2/c25-18-4-6-19(7-5-18)30-23-26-21(20-3-1-2-8-28(20)23)22(29)27-24-12-15-9-16(13-24)11-17(10-15)14-24/h1-8,15-17,23,26H,9-14H2,(H,27,29). The van der Waals surface area contributed by atoms with Gasteiger partial charge in [0.2, 0.25) is 0 Å². The summed E-state index contributed by atoms with van der Waals surface area (Å²) in [6.07, 6.45) is 14.8. The van der Waals surface area contributed by atoms with E-state index in [1.807, 2.05) is 41.5 Å². The van der Waals surface area contributed by atoms with E-state index in [0.29, 0.717) is 16.5 Å². The van der Waals surface area contributed by atoms with Gasteiger partial charge in [-0.15, -0.1) is 0 Å². The van der Waals surface area contributed by atoms with Gasteiger partial charge >= 0.3 is 0 Å². The number of halogens is 1. The van der Waals surface area contributed by atoms with Crippen molar-refractivity contribution in [3.63, 3.8) is 0 Å². The molecule has 4 fully saturated rings. The van der Waals surface area contributed by atoms with Crippen LogP contribution in [0.4, 0.5) is 0 Å². The number of hydrogen-bond acceptors (Lipinski definition) is 4. The highest BCUT2D eigenvalue weighted by molar-refractivity contribution is 6.30. The molecule has 2 heterocycles. The number of nitrogens with zero attached hydrogens (tertiary/aromatic N) is 1. The third-order valence-corrected chi connectivity index (χ3v) is 7.62. The SMILES string of the molecule is O=C(NC12CC3CC(CC(C3)C1)C2)C1=C2C=CC=CN2C(Oc2ccc(Cl)cc2)N1. The van der Waals surface area contributed by atoms with Crippen molar-refractivity contribution in [2.75, 3.05) is 0 Å². The Balaban J connectivity index is 1.22. The summed E-state index contributed by atoms with van der Waals surface area (Å²) in [5.74, 6) is 3.06. The molecule has 1 aromatic rings. The quantitative estimate of drug-likeness (QED) is 0.758. The van der Waals surface area contributed by atoms with Gasteiger partial charge in [-0.2, -0.15) is 0 Å². The topological polar surface area (TPSA) is 53.6 Å². The van der Waals surface area contributed by atoms with Gasteiger partial charge in [-0.3, -0.25) is 9.69 Å². The molecular weight excluding hydrogens is 398 g/mol. The average molecular weight is 424 g/mol. The number of carbonyl (C=O) groups is 1. The molecular formula is C24H26ClN3O2. The van der Waals surface area contributed by atoms with Crippen molar-refractivity contribution in [2.45, 2.75) is 50.4 Å². The van der Waals surface area contributed by atoms with E-state index in [1.54, 1.807) is 12.1 Å². The van der Waals surface area contributed by atoms with E-state index in [4.69, 9.17) is 16.3 Å². The molecule has 1 unspecified atom stereocenters.